The van der Waals surface area contributed by atoms with Gasteiger partial charge in [0.1, 0.15) is 17.7 Å². The minimum absolute atomic E-state index is 0.0365. The van der Waals surface area contributed by atoms with Gasteiger partial charge in [0.25, 0.3) is 0 Å². The summed E-state index contributed by atoms with van der Waals surface area (Å²) in [7, 11) is 1.63. The zero-order chi connectivity index (χ0) is 22.1. The zero-order valence-corrected chi connectivity index (χ0v) is 16.7. The molecule has 2 amide bonds. The van der Waals surface area contributed by atoms with E-state index in [9.17, 15) is 18.4 Å². The third-order valence-electron chi connectivity index (χ3n) is 4.73. The van der Waals surface area contributed by atoms with E-state index in [1.807, 2.05) is 0 Å². The molecule has 4 rings (SSSR count). The SMILES string of the molecule is CC(=O)NC[C@H]1CN(c2cc(F)c(-c3ccc(-c4nnn(C)n4)cc3)c(F)c2)C(=O)O1. The summed E-state index contributed by atoms with van der Waals surface area (Å²) in [5.74, 6) is -1.51. The number of tetrazole rings is 1. The number of nitrogens with zero attached hydrogens (tertiary/aromatic N) is 5. The summed E-state index contributed by atoms with van der Waals surface area (Å²) in [6, 6.07) is 8.56. The Morgan fingerprint density at radius 1 is 1.19 bits per heavy atom. The number of amides is 2. The molecule has 0 bridgehead atoms. The van der Waals surface area contributed by atoms with Gasteiger partial charge in [0.15, 0.2) is 0 Å². The lowest BCUT2D eigenvalue weighted by molar-refractivity contribution is -0.119. The molecule has 0 unspecified atom stereocenters. The first kappa shape index (κ1) is 20.4. The molecule has 1 atom stereocenters. The van der Waals surface area contributed by atoms with E-state index in [1.54, 1.807) is 31.3 Å². The molecule has 1 N–H and O–H groups in total. The second-order valence-corrected chi connectivity index (χ2v) is 7.02. The van der Waals surface area contributed by atoms with Crippen LogP contribution < -0.4 is 10.2 Å². The van der Waals surface area contributed by atoms with Crippen LogP contribution in [0.3, 0.4) is 0 Å². The lowest BCUT2D eigenvalue weighted by Gasteiger charge is -2.15. The van der Waals surface area contributed by atoms with Crippen molar-refractivity contribution < 1.29 is 23.1 Å². The molecule has 0 saturated carbocycles. The number of nitrogens with one attached hydrogen (secondary N) is 1. The van der Waals surface area contributed by atoms with Crippen LogP contribution in [-0.2, 0) is 16.6 Å². The lowest BCUT2D eigenvalue weighted by Crippen LogP contribution is -2.33. The molecule has 1 fully saturated rings. The van der Waals surface area contributed by atoms with E-state index in [0.29, 0.717) is 17.0 Å². The summed E-state index contributed by atoms with van der Waals surface area (Å²) in [5.41, 5.74) is 0.792. The molecular weight excluding hydrogens is 410 g/mol. The van der Waals surface area contributed by atoms with Crippen molar-refractivity contribution in [2.75, 3.05) is 18.0 Å². The average Bonchev–Trinajstić information content (AvgIpc) is 3.32. The molecular formula is C20H18F2N6O3. The number of hydrogen-bond donors (Lipinski definition) is 1. The van der Waals surface area contributed by atoms with Crippen molar-refractivity contribution >= 4 is 17.7 Å². The third kappa shape index (κ3) is 4.20. The Balaban J connectivity index is 1.56. The zero-order valence-electron chi connectivity index (χ0n) is 16.7. The molecule has 11 heteroatoms. The van der Waals surface area contributed by atoms with Crippen molar-refractivity contribution in [1.29, 1.82) is 0 Å². The van der Waals surface area contributed by atoms with Gasteiger partial charge in [-0.25, -0.2) is 13.6 Å². The first-order valence-electron chi connectivity index (χ1n) is 9.38. The number of hydrogen-bond acceptors (Lipinski definition) is 6. The summed E-state index contributed by atoms with van der Waals surface area (Å²) in [6.45, 7) is 1.53. The van der Waals surface area contributed by atoms with Gasteiger partial charge in [-0.1, -0.05) is 24.3 Å². The summed E-state index contributed by atoms with van der Waals surface area (Å²) in [4.78, 5) is 25.6. The first-order valence-corrected chi connectivity index (χ1v) is 9.38. The molecule has 2 aromatic carbocycles. The highest BCUT2D eigenvalue weighted by Crippen LogP contribution is 2.32. The van der Waals surface area contributed by atoms with Gasteiger partial charge in [0, 0.05) is 12.5 Å². The van der Waals surface area contributed by atoms with Crippen LogP contribution >= 0.6 is 0 Å². The summed E-state index contributed by atoms with van der Waals surface area (Å²) in [5, 5.41) is 14.3. The van der Waals surface area contributed by atoms with Crippen LogP contribution in [-0.4, -0.2) is 51.4 Å². The Bertz CT molecular complexity index is 1130. The molecule has 9 nitrogen and oxygen atoms in total. The second kappa shape index (κ2) is 8.09. The molecule has 160 valence electrons. The number of halogens is 2. The van der Waals surface area contributed by atoms with Crippen LogP contribution in [0.2, 0.25) is 0 Å². The Labute approximate surface area is 175 Å². The smallest absolute Gasteiger partial charge is 0.414 e. The van der Waals surface area contributed by atoms with Crippen molar-refractivity contribution in [2.45, 2.75) is 13.0 Å². The summed E-state index contributed by atoms with van der Waals surface area (Å²) >= 11 is 0. The van der Waals surface area contributed by atoms with Crippen molar-refractivity contribution in [3.8, 4) is 22.5 Å². The molecule has 1 saturated heterocycles. The van der Waals surface area contributed by atoms with Crippen molar-refractivity contribution in [3.05, 3.63) is 48.0 Å². The maximum absolute atomic E-state index is 14.8. The summed E-state index contributed by atoms with van der Waals surface area (Å²) < 4.78 is 34.8. The summed E-state index contributed by atoms with van der Waals surface area (Å²) in [6.07, 6.45) is -1.34. The molecule has 1 aliphatic heterocycles. The van der Waals surface area contributed by atoms with E-state index >= 15 is 0 Å². The highest BCUT2D eigenvalue weighted by atomic mass is 19.1. The van der Waals surface area contributed by atoms with Crippen LogP contribution in [0.15, 0.2) is 36.4 Å². The molecule has 0 aliphatic carbocycles. The Kier molecular flexibility index (Phi) is 5.32. The van der Waals surface area contributed by atoms with Crippen molar-refractivity contribution in [1.82, 2.24) is 25.5 Å². The largest absolute Gasteiger partial charge is 0.442 e. The van der Waals surface area contributed by atoms with E-state index in [4.69, 9.17) is 4.74 Å². The van der Waals surface area contributed by atoms with Crippen LogP contribution in [0, 0.1) is 11.6 Å². The standard InChI is InChI=1S/C20H18F2N6O3/c1-11(29)23-9-15-10-28(20(30)31-15)14-7-16(21)18(17(22)8-14)12-3-5-13(6-4-12)19-24-26-27(2)25-19/h3-8,15H,9-10H2,1-2H3,(H,23,29)/t15-/m0/s1. The fourth-order valence-electron chi connectivity index (χ4n) is 3.27. The van der Waals surface area contributed by atoms with Crippen molar-refractivity contribution in [3.63, 3.8) is 0 Å². The van der Waals surface area contributed by atoms with Gasteiger partial charge >= 0.3 is 6.09 Å². The molecule has 0 radical (unpaired) electrons. The van der Waals surface area contributed by atoms with Gasteiger partial charge in [-0.2, -0.15) is 4.80 Å². The van der Waals surface area contributed by atoms with E-state index < -0.39 is 23.8 Å². The van der Waals surface area contributed by atoms with Gasteiger partial charge in [0.2, 0.25) is 11.7 Å². The topological polar surface area (TPSA) is 102 Å². The van der Waals surface area contributed by atoms with Gasteiger partial charge < -0.3 is 10.1 Å². The van der Waals surface area contributed by atoms with E-state index in [0.717, 1.165) is 17.0 Å². The number of aromatic nitrogens is 4. The minimum atomic E-state index is -0.821. The van der Waals surface area contributed by atoms with Gasteiger partial charge in [0.05, 0.1) is 31.4 Å². The number of ether oxygens (including phenoxy) is 1. The fourth-order valence-corrected chi connectivity index (χ4v) is 3.27. The number of benzene rings is 2. The van der Waals surface area contributed by atoms with E-state index in [2.05, 4.69) is 20.7 Å². The number of rotatable bonds is 5. The number of cyclic esters (lactones) is 1. The van der Waals surface area contributed by atoms with E-state index in [1.165, 1.54) is 11.7 Å². The van der Waals surface area contributed by atoms with Crippen LogP contribution in [0.1, 0.15) is 6.92 Å². The Hall–Kier alpha value is -3.89. The normalized spacial score (nSPS) is 15.8. The Morgan fingerprint density at radius 2 is 1.84 bits per heavy atom. The van der Waals surface area contributed by atoms with Gasteiger partial charge in [-0.3, -0.25) is 9.69 Å². The first-order chi connectivity index (χ1) is 14.8. The highest BCUT2D eigenvalue weighted by molar-refractivity contribution is 5.90. The highest BCUT2D eigenvalue weighted by Gasteiger charge is 2.33. The predicted octanol–water partition coefficient (Wildman–Crippen LogP) is 2.28. The van der Waals surface area contributed by atoms with Gasteiger partial charge in [-0.05, 0) is 22.9 Å². The maximum atomic E-state index is 14.8. The number of carbonyl (C=O) groups excluding carboxylic acids is 2. The molecule has 3 aromatic rings. The third-order valence-corrected chi connectivity index (χ3v) is 4.73. The lowest BCUT2D eigenvalue weighted by atomic mass is 10.0. The second-order valence-electron chi connectivity index (χ2n) is 7.02. The molecule has 31 heavy (non-hydrogen) atoms. The van der Waals surface area contributed by atoms with Gasteiger partial charge in [-0.15, -0.1) is 10.2 Å². The quantitative estimate of drug-likeness (QED) is 0.669. The molecule has 2 heterocycles. The average molecular weight is 428 g/mol. The maximum Gasteiger partial charge on any atom is 0.414 e. The number of carbonyl (C=O) groups is 2. The van der Waals surface area contributed by atoms with Crippen LogP contribution in [0.25, 0.3) is 22.5 Å². The van der Waals surface area contributed by atoms with Crippen molar-refractivity contribution in [2.24, 2.45) is 7.05 Å². The van der Waals surface area contributed by atoms with Crippen LogP contribution in [0.4, 0.5) is 19.3 Å². The number of aryl methyl sites for hydroxylation is 1. The predicted molar refractivity (Wildman–Crippen MR) is 106 cm³/mol. The van der Waals surface area contributed by atoms with E-state index in [-0.39, 0.29) is 30.2 Å². The fraction of sp³-hybridized carbons (Fsp3) is 0.250. The molecule has 1 aliphatic rings. The molecule has 1 aromatic heterocycles. The monoisotopic (exact) mass is 428 g/mol. The Morgan fingerprint density at radius 3 is 2.42 bits per heavy atom. The minimum Gasteiger partial charge on any atom is -0.442 e. The number of anilines is 1. The molecule has 0 spiro atoms. The van der Waals surface area contributed by atoms with Crippen LogP contribution in [0.5, 0.6) is 0 Å².